The minimum absolute atomic E-state index is 0.136. The molecule has 1 aliphatic carbocycles. The summed E-state index contributed by atoms with van der Waals surface area (Å²) in [5.74, 6) is 0. The summed E-state index contributed by atoms with van der Waals surface area (Å²) in [4.78, 5) is 0. The van der Waals surface area contributed by atoms with E-state index >= 15 is 0 Å². The molecule has 1 N–H and O–H groups in total. The summed E-state index contributed by atoms with van der Waals surface area (Å²) < 4.78 is 0. The minimum atomic E-state index is -0.366. The van der Waals surface area contributed by atoms with Gasteiger partial charge >= 0.3 is 0 Å². The van der Waals surface area contributed by atoms with Crippen LogP contribution in [0.25, 0.3) is 0 Å². The van der Waals surface area contributed by atoms with Gasteiger partial charge in [-0.1, -0.05) is 46.8 Å². The molecule has 100 valence electrons. The van der Waals surface area contributed by atoms with Crippen molar-refractivity contribution in [1.82, 2.24) is 0 Å². The van der Waals surface area contributed by atoms with Gasteiger partial charge in [-0.2, -0.15) is 0 Å². The van der Waals surface area contributed by atoms with Crippen molar-refractivity contribution in [3.8, 4) is 0 Å². The summed E-state index contributed by atoms with van der Waals surface area (Å²) in [7, 11) is 0. The summed E-state index contributed by atoms with van der Waals surface area (Å²) in [6.45, 7) is 13.2. The van der Waals surface area contributed by atoms with Crippen molar-refractivity contribution in [2.24, 2.45) is 0 Å². The van der Waals surface area contributed by atoms with E-state index in [2.05, 4.69) is 46.8 Å². The Hall–Kier alpha value is -0.820. The van der Waals surface area contributed by atoms with Crippen LogP contribution in [0.2, 0.25) is 0 Å². The minimum Gasteiger partial charge on any atom is -0.389 e. The molecule has 18 heavy (non-hydrogen) atoms. The van der Waals surface area contributed by atoms with Crippen molar-refractivity contribution >= 4 is 0 Å². The molecule has 2 rings (SSSR count). The molecular formula is C17H26O. The number of hydrogen-bond donors (Lipinski definition) is 1. The Labute approximate surface area is 111 Å². The number of aliphatic hydroxyl groups excluding tert-OH is 1. The average Bonchev–Trinajstić information content (AvgIpc) is 2.52. The predicted octanol–water partition coefficient (Wildman–Crippen LogP) is 4.26. The fraction of sp³-hybridized carbons (Fsp3) is 0.647. The van der Waals surface area contributed by atoms with Crippen LogP contribution in [0.5, 0.6) is 0 Å². The van der Waals surface area contributed by atoms with Crippen molar-refractivity contribution in [2.75, 3.05) is 0 Å². The first-order valence-corrected chi connectivity index (χ1v) is 6.99. The van der Waals surface area contributed by atoms with Gasteiger partial charge in [-0.15, -0.1) is 0 Å². The molecular weight excluding hydrogens is 220 g/mol. The van der Waals surface area contributed by atoms with Crippen molar-refractivity contribution < 1.29 is 5.11 Å². The van der Waals surface area contributed by atoms with Crippen molar-refractivity contribution in [1.29, 1.82) is 0 Å². The molecule has 0 spiro atoms. The zero-order valence-corrected chi connectivity index (χ0v) is 12.6. The van der Waals surface area contributed by atoms with E-state index < -0.39 is 0 Å². The Morgan fingerprint density at radius 3 is 2.33 bits per heavy atom. The number of aliphatic hydroxyl groups is 1. The van der Waals surface area contributed by atoms with Crippen LogP contribution >= 0.6 is 0 Å². The lowest BCUT2D eigenvalue weighted by atomic mass is 9.79. The van der Waals surface area contributed by atoms with Crippen LogP contribution in [0.15, 0.2) is 12.1 Å². The SMILES string of the molecule is C[C@@H](O)c1cc(C(C)(C)C)cc2c1CCC2(C)C. The molecule has 1 aromatic rings. The molecule has 0 heterocycles. The van der Waals surface area contributed by atoms with Crippen LogP contribution in [-0.4, -0.2) is 5.11 Å². The summed E-state index contributed by atoms with van der Waals surface area (Å²) in [5.41, 5.74) is 5.71. The molecule has 1 aliphatic rings. The van der Waals surface area contributed by atoms with E-state index in [-0.39, 0.29) is 16.9 Å². The van der Waals surface area contributed by atoms with Crippen LogP contribution in [0.1, 0.15) is 76.3 Å². The van der Waals surface area contributed by atoms with Crippen LogP contribution in [0.3, 0.4) is 0 Å². The molecule has 0 radical (unpaired) electrons. The van der Waals surface area contributed by atoms with Crippen molar-refractivity contribution in [2.45, 2.75) is 71.3 Å². The number of benzene rings is 1. The van der Waals surface area contributed by atoms with Gasteiger partial charge in [-0.25, -0.2) is 0 Å². The zero-order valence-electron chi connectivity index (χ0n) is 12.6. The molecule has 0 amide bonds. The summed E-state index contributed by atoms with van der Waals surface area (Å²) in [6, 6.07) is 4.58. The molecule has 0 saturated carbocycles. The molecule has 0 fully saturated rings. The maximum Gasteiger partial charge on any atom is 0.0764 e. The Balaban J connectivity index is 2.67. The molecule has 1 nitrogen and oxygen atoms in total. The normalized spacial score (nSPS) is 19.7. The highest BCUT2D eigenvalue weighted by Gasteiger charge is 2.33. The van der Waals surface area contributed by atoms with E-state index in [1.165, 1.54) is 23.1 Å². The monoisotopic (exact) mass is 246 g/mol. The third-order valence-corrected chi connectivity index (χ3v) is 4.33. The third kappa shape index (κ3) is 2.21. The van der Waals surface area contributed by atoms with Crippen LogP contribution in [0.4, 0.5) is 0 Å². The highest BCUT2D eigenvalue weighted by Crippen LogP contribution is 2.43. The number of rotatable bonds is 1. The van der Waals surface area contributed by atoms with Crippen molar-refractivity contribution in [3.63, 3.8) is 0 Å². The second kappa shape index (κ2) is 4.09. The van der Waals surface area contributed by atoms with Gasteiger partial charge in [0.15, 0.2) is 0 Å². The van der Waals surface area contributed by atoms with Crippen LogP contribution in [0, 0.1) is 0 Å². The predicted molar refractivity (Wildman–Crippen MR) is 77.1 cm³/mol. The van der Waals surface area contributed by atoms with E-state index in [9.17, 15) is 5.11 Å². The van der Waals surface area contributed by atoms with Crippen LogP contribution < -0.4 is 0 Å². The first kappa shape index (κ1) is 13.6. The fourth-order valence-electron chi connectivity index (χ4n) is 2.96. The molecule has 0 saturated heterocycles. The van der Waals surface area contributed by atoms with Gasteiger partial charge in [0.1, 0.15) is 0 Å². The van der Waals surface area contributed by atoms with Crippen molar-refractivity contribution in [3.05, 3.63) is 34.4 Å². The first-order valence-electron chi connectivity index (χ1n) is 6.99. The molecule has 1 aromatic carbocycles. The highest BCUT2D eigenvalue weighted by molar-refractivity contribution is 5.48. The van der Waals surface area contributed by atoms with Gasteiger partial charge in [-0.3, -0.25) is 0 Å². The van der Waals surface area contributed by atoms with Crippen LogP contribution in [-0.2, 0) is 17.3 Å². The molecule has 0 aromatic heterocycles. The summed E-state index contributed by atoms with van der Waals surface area (Å²) in [6.07, 6.45) is 1.93. The fourth-order valence-corrected chi connectivity index (χ4v) is 2.96. The molecule has 0 aliphatic heterocycles. The number of fused-ring (bicyclic) bond motifs is 1. The molecule has 1 heteroatoms. The standard InChI is InChI=1S/C17H26O/c1-11(18)14-9-12(16(2,3)4)10-15-13(14)7-8-17(15,5)6/h9-11,18H,7-8H2,1-6H3/t11-/m1/s1. The number of hydrogen-bond acceptors (Lipinski definition) is 1. The maximum absolute atomic E-state index is 10.0. The lowest BCUT2D eigenvalue weighted by Gasteiger charge is -2.26. The smallest absolute Gasteiger partial charge is 0.0764 e. The van der Waals surface area contributed by atoms with Gasteiger partial charge in [0.05, 0.1) is 6.10 Å². The Kier molecular flexibility index (Phi) is 3.09. The zero-order chi connectivity index (χ0) is 13.7. The Morgan fingerprint density at radius 2 is 1.83 bits per heavy atom. The van der Waals surface area contributed by atoms with Gasteiger partial charge in [0.2, 0.25) is 0 Å². The van der Waals surface area contributed by atoms with Gasteiger partial charge in [-0.05, 0) is 52.8 Å². The second-order valence-electron chi connectivity index (χ2n) is 7.40. The summed E-state index contributed by atoms with van der Waals surface area (Å²) in [5, 5.41) is 10.0. The van der Waals surface area contributed by atoms with Gasteiger partial charge < -0.3 is 5.11 Å². The van der Waals surface area contributed by atoms with E-state index in [1.807, 2.05) is 6.92 Å². The second-order valence-corrected chi connectivity index (χ2v) is 7.40. The topological polar surface area (TPSA) is 20.2 Å². The quantitative estimate of drug-likeness (QED) is 0.785. The molecule has 0 unspecified atom stereocenters. The van der Waals surface area contributed by atoms with E-state index in [0.717, 1.165) is 12.0 Å². The first-order chi connectivity index (χ1) is 8.13. The van der Waals surface area contributed by atoms with Gasteiger partial charge in [0.25, 0.3) is 0 Å². The average molecular weight is 246 g/mol. The highest BCUT2D eigenvalue weighted by atomic mass is 16.3. The van der Waals surface area contributed by atoms with E-state index in [0.29, 0.717) is 0 Å². The lowest BCUT2D eigenvalue weighted by Crippen LogP contribution is -2.17. The largest absolute Gasteiger partial charge is 0.389 e. The summed E-state index contributed by atoms with van der Waals surface area (Å²) >= 11 is 0. The maximum atomic E-state index is 10.0. The molecule has 0 bridgehead atoms. The lowest BCUT2D eigenvalue weighted by molar-refractivity contribution is 0.198. The Bertz CT molecular complexity index is 461. The van der Waals surface area contributed by atoms with E-state index in [4.69, 9.17) is 0 Å². The van der Waals surface area contributed by atoms with E-state index in [1.54, 1.807) is 0 Å². The van der Waals surface area contributed by atoms with Gasteiger partial charge in [0, 0.05) is 0 Å². The third-order valence-electron chi connectivity index (χ3n) is 4.33. The Morgan fingerprint density at radius 1 is 1.22 bits per heavy atom. The molecule has 1 atom stereocenters.